The molecule has 130 valence electrons. The normalized spacial score (nSPS) is 26.7. The van der Waals surface area contributed by atoms with Gasteiger partial charge in [0.15, 0.2) is 5.58 Å². The average Bonchev–Trinajstić information content (AvgIpc) is 3.17. The van der Waals surface area contributed by atoms with Gasteiger partial charge in [-0.3, -0.25) is 0 Å². The summed E-state index contributed by atoms with van der Waals surface area (Å²) >= 11 is 0. The van der Waals surface area contributed by atoms with Gasteiger partial charge in [-0.25, -0.2) is 4.98 Å². The maximum Gasteiger partial charge on any atom is 0.300 e. The molecule has 0 saturated carbocycles. The number of aromatic nitrogens is 2. The number of oxazole rings is 1. The molecule has 0 spiro atoms. The Morgan fingerprint density at radius 1 is 0.917 bits per heavy atom. The number of fused-ring (bicyclic) bond motifs is 5. The maximum atomic E-state index is 6.05. The number of hydrogen-bond donors (Lipinski definition) is 0. The third kappa shape index (κ3) is 2.71. The summed E-state index contributed by atoms with van der Waals surface area (Å²) in [5, 5.41) is 0. The number of piperidine rings is 1. The zero-order valence-electron chi connectivity index (χ0n) is 13.9. The molecule has 24 heavy (non-hydrogen) atoms. The highest BCUT2D eigenvalue weighted by Gasteiger charge is 2.31. The fraction of sp³-hybridized carbons (Fsp3) is 0.647. The van der Waals surface area contributed by atoms with E-state index in [0.717, 1.165) is 49.2 Å². The topological polar surface area (TPSA) is 48.6 Å². The van der Waals surface area contributed by atoms with Crippen LogP contribution in [-0.2, 0) is 0 Å². The van der Waals surface area contributed by atoms with Crippen LogP contribution in [0.25, 0.3) is 11.2 Å². The number of pyridine rings is 1. The maximum absolute atomic E-state index is 6.05. The summed E-state index contributed by atoms with van der Waals surface area (Å²) in [6, 6.07) is 5.44. The van der Waals surface area contributed by atoms with Crippen molar-refractivity contribution in [3.63, 3.8) is 0 Å². The van der Waals surface area contributed by atoms with E-state index in [1.807, 2.05) is 6.07 Å². The highest BCUT2D eigenvalue weighted by atomic mass is 35.5. The molecule has 0 N–H and O–H groups in total. The van der Waals surface area contributed by atoms with Gasteiger partial charge >= 0.3 is 0 Å². The second kappa shape index (κ2) is 6.41. The summed E-state index contributed by atoms with van der Waals surface area (Å²) in [5.41, 5.74) is 1.56. The van der Waals surface area contributed by atoms with Crippen molar-refractivity contribution >= 4 is 35.5 Å². The highest BCUT2D eigenvalue weighted by Crippen LogP contribution is 2.29. The third-order valence-electron chi connectivity index (χ3n) is 5.56. The molecule has 0 aliphatic carbocycles. The van der Waals surface area contributed by atoms with E-state index in [1.54, 1.807) is 0 Å². The summed E-state index contributed by atoms with van der Waals surface area (Å²) in [6.07, 6.45) is 4.95. The minimum Gasteiger partial charge on any atom is -0.422 e. The van der Waals surface area contributed by atoms with Gasteiger partial charge < -0.3 is 19.1 Å². The van der Waals surface area contributed by atoms with Gasteiger partial charge in [0.2, 0.25) is 5.65 Å². The van der Waals surface area contributed by atoms with Crippen molar-refractivity contribution in [1.29, 1.82) is 0 Å². The molecular weight excluding hydrogens is 326 g/mol. The Labute approximate surface area is 148 Å². The molecule has 0 amide bonds. The van der Waals surface area contributed by atoms with Gasteiger partial charge in [0.25, 0.3) is 6.01 Å². The molecule has 4 saturated heterocycles. The van der Waals surface area contributed by atoms with Crippen LogP contribution in [0.3, 0.4) is 0 Å². The van der Waals surface area contributed by atoms with Gasteiger partial charge in [-0.05, 0) is 37.8 Å². The second-order valence-corrected chi connectivity index (χ2v) is 6.95. The number of nitrogens with zero attached hydrogens (tertiary/aromatic N) is 5. The van der Waals surface area contributed by atoms with Crippen molar-refractivity contribution < 1.29 is 4.42 Å². The first kappa shape index (κ1) is 16.0. The van der Waals surface area contributed by atoms with Crippen LogP contribution in [-0.4, -0.2) is 60.2 Å². The fourth-order valence-corrected chi connectivity index (χ4v) is 4.18. The van der Waals surface area contributed by atoms with Crippen molar-refractivity contribution in [2.24, 2.45) is 0 Å². The van der Waals surface area contributed by atoms with E-state index in [4.69, 9.17) is 14.4 Å². The predicted molar refractivity (Wildman–Crippen MR) is 97.3 cm³/mol. The molecule has 6 heterocycles. The van der Waals surface area contributed by atoms with Crippen LogP contribution in [0.4, 0.5) is 11.8 Å². The molecule has 7 heteroatoms. The summed E-state index contributed by atoms with van der Waals surface area (Å²) in [5.74, 6) is 1.04. The van der Waals surface area contributed by atoms with Crippen molar-refractivity contribution in [3.8, 4) is 0 Å². The standard InChI is InChI=1S/C17H23N5O.ClH/c1-2-8-21(7-1)15-4-3-14-16(18-15)19-17(23-14)22-12-11-20-9-5-13(22)6-10-20;/h3-4,13H,1-2,5-12H2;1H. The third-order valence-corrected chi connectivity index (χ3v) is 5.56. The molecule has 2 bridgehead atoms. The minimum absolute atomic E-state index is 0. The van der Waals surface area contributed by atoms with Gasteiger partial charge in [0.05, 0.1) is 0 Å². The lowest BCUT2D eigenvalue weighted by Crippen LogP contribution is -2.38. The Hall–Kier alpha value is -1.53. The zero-order chi connectivity index (χ0) is 15.2. The van der Waals surface area contributed by atoms with Gasteiger partial charge in [0.1, 0.15) is 5.82 Å². The van der Waals surface area contributed by atoms with Crippen LogP contribution in [0.5, 0.6) is 0 Å². The Bertz CT molecular complexity index is 706. The largest absolute Gasteiger partial charge is 0.422 e. The molecule has 6 nitrogen and oxygen atoms in total. The van der Waals surface area contributed by atoms with Crippen molar-refractivity contribution in [2.45, 2.75) is 31.7 Å². The van der Waals surface area contributed by atoms with E-state index in [2.05, 4.69) is 20.8 Å². The molecule has 4 fully saturated rings. The summed E-state index contributed by atoms with van der Waals surface area (Å²) in [4.78, 5) is 16.7. The number of rotatable bonds is 2. The summed E-state index contributed by atoms with van der Waals surface area (Å²) in [6.45, 7) is 6.75. The van der Waals surface area contributed by atoms with E-state index in [9.17, 15) is 0 Å². The molecule has 0 aromatic carbocycles. The molecule has 2 aromatic heterocycles. The minimum atomic E-state index is 0. The Balaban J connectivity index is 0.00000146. The summed E-state index contributed by atoms with van der Waals surface area (Å²) in [7, 11) is 0. The van der Waals surface area contributed by atoms with Crippen molar-refractivity contribution in [1.82, 2.24) is 14.9 Å². The molecule has 6 rings (SSSR count). The SMILES string of the molecule is Cl.c1cc2oc(N3CCN4CCC3CC4)nc2nc1N1CCCC1. The number of anilines is 2. The first-order valence-corrected chi connectivity index (χ1v) is 8.88. The van der Waals surface area contributed by atoms with Crippen LogP contribution >= 0.6 is 12.4 Å². The fourth-order valence-electron chi connectivity index (χ4n) is 4.18. The van der Waals surface area contributed by atoms with Crippen LogP contribution in [0, 0.1) is 0 Å². The Morgan fingerprint density at radius 3 is 2.50 bits per heavy atom. The predicted octanol–water partition coefficient (Wildman–Crippen LogP) is 2.53. The lowest BCUT2D eigenvalue weighted by atomic mass is 10.1. The first-order chi connectivity index (χ1) is 11.4. The van der Waals surface area contributed by atoms with Gasteiger partial charge in [-0.1, -0.05) is 0 Å². The van der Waals surface area contributed by atoms with Crippen LogP contribution in [0.15, 0.2) is 16.5 Å². The highest BCUT2D eigenvalue weighted by molar-refractivity contribution is 5.85. The quantitative estimate of drug-likeness (QED) is 0.830. The monoisotopic (exact) mass is 349 g/mol. The first-order valence-electron chi connectivity index (χ1n) is 8.88. The average molecular weight is 350 g/mol. The Morgan fingerprint density at radius 2 is 1.71 bits per heavy atom. The van der Waals surface area contributed by atoms with Gasteiger partial charge in [-0.2, -0.15) is 4.98 Å². The van der Waals surface area contributed by atoms with E-state index in [1.165, 1.54) is 38.8 Å². The van der Waals surface area contributed by atoms with E-state index >= 15 is 0 Å². The summed E-state index contributed by atoms with van der Waals surface area (Å²) < 4.78 is 6.05. The van der Waals surface area contributed by atoms with Crippen LogP contribution < -0.4 is 9.80 Å². The van der Waals surface area contributed by atoms with Gasteiger partial charge in [0, 0.05) is 45.3 Å². The smallest absolute Gasteiger partial charge is 0.300 e. The van der Waals surface area contributed by atoms with Crippen LogP contribution in [0.1, 0.15) is 25.7 Å². The molecule has 0 unspecified atom stereocenters. The Kier molecular flexibility index (Phi) is 4.26. The van der Waals surface area contributed by atoms with Crippen molar-refractivity contribution in [3.05, 3.63) is 12.1 Å². The van der Waals surface area contributed by atoms with Crippen molar-refractivity contribution in [2.75, 3.05) is 49.1 Å². The van der Waals surface area contributed by atoms with E-state index in [0.29, 0.717) is 6.04 Å². The molecular formula is C17H24ClN5O. The lowest BCUT2D eigenvalue weighted by molar-refractivity contribution is 0.249. The van der Waals surface area contributed by atoms with Gasteiger partial charge in [-0.15, -0.1) is 12.4 Å². The lowest BCUT2D eigenvalue weighted by Gasteiger charge is -2.30. The molecule has 2 aromatic rings. The molecule has 4 aliphatic rings. The number of halogens is 1. The molecule has 0 radical (unpaired) electrons. The molecule has 4 aliphatic heterocycles. The van der Waals surface area contributed by atoms with E-state index in [-0.39, 0.29) is 12.4 Å². The van der Waals surface area contributed by atoms with E-state index < -0.39 is 0 Å². The number of hydrogen-bond acceptors (Lipinski definition) is 6. The zero-order valence-corrected chi connectivity index (χ0v) is 14.7. The van der Waals surface area contributed by atoms with Crippen LogP contribution in [0.2, 0.25) is 0 Å². The molecule has 0 atom stereocenters. The second-order valence-electron chi connectivity index (χ2n) is 6.95.